The molecule has 0 bridgehead atoms. The van der Waals surface area contributed by atoms with Crippen molar-refractivity contribution in [1.82, 2.24) is 20.5 Å². The molecule has 4 rings (SSSR count). The summed E-state index contributed by atoms with van der Waals surface area (Å²) < 4.78 is 11.4. The predicted octanol–water partition coefficient (Wildman–Crippen LogP) is 4.34. The number of hydrogen-bond donors (Lipinski definition) is 2. The van der Waals surface area contributed by atoms with Crippen molar-refractivity contribution in [2.45, 2.75) is 13.5 Å². The lowest BCUT2D eigenvalue weighted by Crippen LogP contribution is -2.23. The quantitative estimate of drug-likeness (QED) is 0.455. The van der Waals surface area contributed by atoms with E-state index in [0.29, 0.717) is 28.7 Å². The molecule has 0 atom stereocenters. The maximum absolute atomic E-state index is 12.0. The molecule has 30 heavy (non-hydrogen) atoms. The smallest absolute Gasteiger partial charge is 0.278 e. The van der Waals surface area contributed by atoms with E-state index in [1.807, 2.05) is 19.1 Å². The molecule has 0 fully saturated rings. The van der Waals surface area contributed by atoms with E-state index < -0.39 is 0 Å². The first-order valence-electron chi connectivity index (χ1n) is 9.26. The second-order valence-corrected chi connectivity index (χ2v) is 6.78. The largest absolute Gasteiger partial charge is 0.469 e. The Hall–Kier alpha value is -3.65. The molecule has 8 nitrogen and oxygen atoms in total. The van der Waals surface area contributed by atoms with Crippen LogP contribution >= 0.6 is 11.6 Å². The number of ether oxygens (including phenoxy) is 1. The number of benzene rings is 1. The van der Waals surface area contributed by atoms with Crippen LogP contribution < -0.4 is 15.4 Å². The summed E-state index contributed by atoms with van der Waals surface area (Å²) in [7, 11) is 0. The van der Waals surface area contributed by atoms with Crippen LogP contribution in [0.15, 0.2) is 59.3 Å². The molecule has 9 heteroatoms. The normalized spacial score (nSPS) is 10.7. The zero-order chi connectivity index (χ0) is 20.9. The second-order valence-electron chi connectivity index (χ2n) is 6.35. The van der Waals surface area contributed by atoms with Crippen molar-refractivity contribution < 1.29 is 13.9 Å². The summed E-state index contributed by atoms with van der Waals surface area (Å²) in [5, 5.41) is 15.7. The SMILES string of the molecule is CCNC(=O)c1cc(COc2nnc(Nc3ccc(Cl)cc3)c3ccoc23)ccn1. The van der Waals surface area contributed by atoms with E-state index in [4.69, 9.17) is 20.8 Å². The van der Waals surface area contributed by atoms with Crippen molar-refractivity contribution in [2.24, 2.45) is 0 Å². The van der Waals surface area contributed by atoms with Crippen LogP contribution in [0.25, 0.3) is 11.0 Å². The van der Waals surface area contributed by atoms with Crippen LogP contribution in [0.3, 0.4) is 0 Å². The van der Waals surface area contributed by atoms with Gasteiger partial charge in [-0.25, -0.2) is 0 Å². The Balaban J connectivity index is 1.52. The molecule has 1 aromatic carbocycles. The number of nitrogens with zero attached hydrogens (tertiary/aromatic N) is 3. The summed E-state index contributed by atoms with van der Waals surface area (Å²) in [5.74, 6) is 0.564. The van der Waals surface area contributed by atoms with E-state index >= 15 is 0 Å². The summed E-state index contributed by atoms with van der Waals surface area (Å²) in [6, 6.07) is 12.5. The Morgan fingerprint density at radius 1 is 1.17 bits per heavy atom. The fourth-order valence-electron chi connectivity index (χ4n) is 2.80. The third kappa shape index (κ3) is 4.33. The zero-order valence-corrected chi connectivity index (χ0v) is 16.8. The Morgan fingerprint density at radius 2 is 2.00 bits per heavy atom. The molecular weight excluding hydrogens is 406 g/mol. The molecule has 0 saturated heterocycles. The van der Waals surface area contributed by atoms with Crippen molar-refractivity contribution in [3.63, 3.8) is 0 Å². The van der Waals surface area contributed by atoms with Crippen LogP contribution in [0.5, 0.6) is 5.88 Å². The standard InChI is InChI=1S/C21H18ClN5O3/c1-2-23-20(28)17-11-13(7-9-24-17)12-30-21-18-16(8-10-29-18)19(26-27-21)25-15-5-3-14(22)4-6-15/h3-11H,2,12H2,1H3,(H,23,28)(H,25,26). The van der Waals surface area contributed by atoms with Gasteiger partial charge in [0.2, 0.25) is 5.58 Å². The molecule has 3 heterocycles. The molecule has 1 amide bonds. The Kier molecular flexibility index (Phi) is 5.76. The van der Waals surface area contributed by atoms with Gasteiger partial charge in [-0.2, -0.15) is 0 Å². The number of carbonyl (C=O) groups is 1. The minimum Gasteiger partial charge on any atom is -0.469 e. The fourth-order valence-corrected chi connectivity index (χ4v) is 2.93. The van der Waals surface area contributed by atoms with Crippen molar-refractivity contribution in [2.75, 3.05) is 11.9 Å². The molecule has 0 aliphatic carbocycles. The van der Waals surface area contributed by atoms with Crippen LogP contribution in [0.2, 0.25) is 5.02 Å². The molecule has 2 N–H and O–H groups in total. The van der Waals surface area contributed by atoms with Crippen LogP contribution in [0, 0.1) is 0 Å². The molecule has 152 valence electrons. The zero-order valence-electron chi connectivity index (χ0n) is 16.1. The first kappa shape index (κ1) is 19.7. The van der Waals surface area contributed by atoms with Gasteiger partial charge in [-0.15, -0.1) is 10.2 Å². The Bertz CT molecular complexity index is 1180. The molecule has 0 unspecified atom stereocenters. The van der Waals surface area contributed by atoms with Gasteiger partial charge < -0.3 is 19.8 Å². The molecule has 0 aliphatic rings. The minimum atomic E-state index is -0.231. The maximum Gasteiger partial charge on any atom is 0.278 e. The van der Waals surface area contributed by atoms with Crippen molar-refractivity contribution in [3.8, 4) is 5.88 Å². The van der Waals surface area contributed by atoms with Crippen LogP contribution in [0.1, 0.15) is 23.0 Å². The average Bonchev–Trinajstić information content (AvgIpc) is 3.26. The average molecular weight is 424 g/mol. The topological polar surface area (TPSA) is 102 Å². The van der Waals surface area contributed by atoms with Gasteiger partial charge in [-0.05, 0) is 55.0 Å². The summed E-state index contributed by atoms with van der Waals surface area (Å²) >= 11 is 5.93. The third-order valence-corrected chi connectivity index (χ3v) is 4.48. The van der Waals surface area contributed by atoms with Gasteiger partial charge in [0, 0.05) is 23.5 Å². The second kappa shape index (κ2) is 8.79. The van der Waals surface area contributed by atoms with Gasteiger partial charge in [-0.3, -0.25) is 9.78 Å². The molecule has 0 spiro atoms. The van der Waals surface area contributed by atoms with E-state index in [9.17, 15) is 4.79 Å². The molecule has 0 saturated carbocycles. The number of hydrogen-bond acceptors (Lipinski definition) is 7. The predicted molar refractivity (Wildman–Crippen MR) is 113 cm³/mol. The van der Waals surface area contributed by atoms with Crippen molar-refractivity contribution in [3.05, 3.63) is 71.2 Å². The third-order valence-electron chi connectivity index (χ3n) is 4.23. The number of carbonyl (C=O) groups excluding carboxylic acids is 1. The van der Waals surface area contributed by atoms with Gasteiger partial charge in [0.1, 0.15) is 12.3 Å². The summed E-state index contributed by atoms with van der Waals surface area (Å²) in [4.78, 5) is 16.0. The number of rotatable bonds is 7. The summed E-state index contributed by atoms with van der Waals surface area (Å²) in [6.07, 6.45) is 3.12. The minimum absolute atomic E-state index is 0.184. The number of nitrogens with one attached hydrogen (secondary N) is 2. The van der Waals surface area contributed by atoms with E-state index in [2.05, 4.69) is 25.8 Å². The number of furan rings is 1. The summed E-state index contributed by atoms with van der Waals surface area (Å²) in [6.45, 7) is 2.57. The number of amides is 1. The molecule has 3 aromatic heterocycles. The van der Waals surface area contributed by atoms with Crippen molar-refractivity contribution in [1.29, 1.82) is 0 Å². The Morgan fingerprint density at radius 3 is 2.80 bits per heavy atom. The monoisotopic (exact) mass is 423 g/mol. The maximum atomic E-state index is 12.0. The fraction of sp³-hybridized carbons (Fsp3) is 0.143. The van der Waals surface area contributed by atoms with Crippen LogP contribution in [-0.4, -0.2) is 27.6 Å². The van der Waals surface area contributed by atoms with Gasteiger partial charge in [-0.1, -0.05) is 11.6 Å². The number of pyridine rings is 1. The highest BCUT2D eigenvalue weighted by molar-refractivity contribution is 6.30. The molecule has 4 aromatic rings. The highest BCUT2D eigenvalue weighted by Gasteiger charge is 2.15. The van der Waals surface area contributed by atoms with E-state index in [1.54, 1.807) is 42.8 Å². The number of aromatic nitrogens is 3. The van der Waals surface area contributed by atoms with Gasteiger partial charge in [0.25, 0.3) is 11.8 Å². The van der Waals surface area contributed by atoms with Crippen LogP contribution in [0.4, 0.5) is 11.5 Å². The lowest BCUT2D eigenvalue weighted by molar-refractivity contribution is 0.0950. The van der Waals surface area contributed by atoms with Crippen LogP contribution in [-0.2, 0) is 6.61 Å². The molecule has 0 radical (unpaired) electrons. The number of anilines is 2. The summed E-state index contributed by atoms with van der Waals surface area (Å²) in [5.41, 5.74) is 2.39. The van der Waals surface area contributed by atoms with E-state index in [0.717, 1.165) is 16.6 Å². The number of fused-ring (bicyclic) bond motifs is 1. The lowest BCUT2D eigenvalue weighted by Gasteiger charge is -2.09. The Labute approximate surface area is 177 Å². The molecule has 0 aliphatic heterocycles. The number of halogens is 1. The first-order chi connectivity index (χ1) is 14.6. The van der Waals surface area contributed by atoms with Gasteiger partial charge in [0.05, 0.1) is 11.6 Å². The highest BCUT2D eigenvalue weighted by Crippen LogP contribution is 2.31. The van der Waals surface area contributed by atoms with Gasteiger partial charge in [0.15, 0.2) is 5.82 Å². The van der Waals surface area contributed by atoms with Crippen molar-refractivity contribution >= 4 is 40.0 Å². The first-order valence-corrected chi connectivity index (χ1v) is 9.64. The lowest BCUT2D eigenvalue weighted by atomic mass is 10.2. The highest BCUT2D eigenvalue weighted by atomic mass is 35.5. The van der Waals surface area contributed by atoms with Gasteiger partial charge >= 0.3 is 0 Å². The van der Waals surface area contributed by atoms with E-state index in [-0.39, 0.29) is 18.4 Å². The van der Waals surface area contributed by atoms with E-state index in [1.165, 1.54) is 0 Å². The molecular formula is C21H18ClN5O3.